The first kappa shape index (κ1) is 29.6. The minimum Gasteiger partial charge on any atom is -0.481 e. The van der Waals surface area contributed by atoms with Gasteiger partial charge in [-0.15, -0.1) is 11.3 Å². The Labute approximate surface area is 214 Å². The Bertz CT molecular complexity index is 911. The number of aryl methyl sites for hydroxylation is 1. The molecule has 198 valence electrons. The summed E-state index contributed by atoms with van der Waals surface area (Å²) in [5, 5.41) is 22.8. The van der Waals surface area contributed by atoms with Crippen LogP contribution in [0.3, 0.4) is 0 Å². The van der Waals surface area contributed by atoms with Crippen molar-refractivity contribution >= 4 is 29.2 Å². The number of aliphatic carboxylic acids is 1. The number of Topliss-reactive ketones (excluding diaryl/α,β-unsaturated/α-hetero) is 1. The van der Waals surface area contributed by atoms with Gasteiger partial charge in [0.25, 0.3) is 0 Å². The SMILES string of the molecule is CC(=Cc1csc(C)n1)[C@@H](N)C[C@@H]1O[C@]1(C)CCC[C@H](C)[C@H](O)[C@@H](C)C(=O)C(C)(C)CCC(=O)O. The smallest absolute Gasteiger partial charge is 0.303 e. The summed E-state index contributed by atoms with van der Waals surface area (Å²) in [6, 6.07) is -0.0825. The van der Waals surface area contributed by atoms with E-state index >= 15 is 0 Å². The van der Waals surface area contributed by atoms with Crippen molar-refractivity contribution in [1.29, 1.82) is 0 Å². The lowest BCUT2D eigenvalue weighted by Gasteiger charge is -2.31. The Balaban J connectivity index is 1.78. The van der Waals surface area contributed by atoms with E-state index in [0.717, 1.165) is 42.0 Å². The number of ketones is 1. The van der Waals surface area contributed by atoms with Crippen LogP contribution in [0.5, 0.6) is 0 Å². The van der Waals surface area contributed by atoms with Crippen molar-refractivity contribution in [3.8, 4) is 0 Å². The molecule has 0 aliphatic carbocycles. The summed E-state index contributed by atoms with van der Waals surface area (Å²) in [5.74, 6) is -1.58. The van der Waals surface area contributed by atoms with Gasteiger partial charge in [0, 0.05) is 29.2 Å². The van der Waals surface area contributed by atoms with Crippen LogP contribution in [0.2, 0.25) is 0 Å². The van der Waals surface area contributed by atoms with Crippen molar-refractivity contribution in [3.63, 3.8) is 0 Å². The minimum absolute atomic E-state index is 0.0426. The molecule has 1 aliphatic rings. The van der Waals surface area contributed by atoms with Crippen LogP contribution >= 0.6 is 11.3 Å². The molecule has 0 amide bonds. The van der Waals surface area contributed by atoms with Crippen LogP contribution in [0.15, 0.2) is 11.0 Å². The molecule has 0 bridgehead atoms. The van der Waals surface area contributed by atoms with Crippen molar-refractivity contribution in [1.82, 2.24) is 4.98 Å². The summed E-state index contributed by atoms with van der Waals surface area (Å²) in [6.45, 7) is 13.4. The number of carbonyl (C=O) groups is 2. The highest BCUT2D eigenvalue weighted by Crippen LogP contribution is 2.44. The van der Waals surface area contributed by atoms with Gasteiger partial charge < -0.3 is 20.7 Å². The number of nitrogens with two attached hydrogens (primary N) is 1. The Kier molecular flexibility index (Phi) is 10.2. The third-order valence-corrected chi connectivity index (χ3v) is 8.36. The van der Waals surface area contributed by atoms with Crippen molar-refractivity contribution in [3.05, 3.63) is 21.7 Å². The number of rotatable bonds is 15. The first-order chi connectivity index (χ1) is 16.2. The summed E-state index contributed by atoms with van der Waals surface area (Å²) in [6.07, 6.45) is 4.93. The lowest BCUT2D eigenvalue weighted by atomic mass is 9.74. The number of carboxylic acids is 1. The van der Waals surface area contributed by atoms with Crippen LogP contribution in [0, 0.1) is 24.2 Å². The van der Waals surface area contributed by atoms with Crippen molar-refractivity contribution in [2.45, 2.75) is 111 Å². The summed E-state index contributed by atoms with van der Waals surface area (Å²) >= 11 is 1.63. The zero-order valence-electron chi connectivity index (χ0n) is 22.3. The van der Waals surface area contributed by atoms with E-state index in [-0.39, 0.29) is 42.3 Å². The fraction of sp³-hybridized carbons (Fsp3) is 0.741. The lowest BCUT2D eigenvalue weighted by molar-refractivity contribution is -0.139. The monoisotopic (exact) mass is 508 g/mol. The first-order valence-electron chi connectivity index (χ1n) is 12.6. The molecule has 0 spiro atoms. The molecular weight excluding hydrogens is 464 g/mol. The molecule has 1 fully saturated rings. The number of hydrogen-bond donors (Lipinski definition) is 3. The molecule has 0 radical (unpaired) electrons. The normalized spacial score (nSPS) is 24.0. The van der Waals surface area contributed by atoms with Crippen LogP contribution in [0.4, 0.5) is 0 Å². The predicted molar refractivity (Wildman–Crippen MR) is 140 cm³/mol. The van der Waals surface area contributed by atoms with Crippen molar-refractivity contribution in [2.24, 2.45) is 23.0 Å². The molecule has 6 atom stereocenters. The molecule has 4 N–H and O–H groups in total. The fourth-order valence-electron chi connectivity index (χ4n) is 4.76. The lowest BCUT2D eigenvalue weighted by Crippen LogP contribution is -2.39. The molecule has 1 aromatic heterocycles. The standard InChI is InChI=1S/C27H44N2O5S/c1-16(24(32)18(3)25(33)26(5,6)12-10-23(30)31)9-8-11-27(7)22(34-27)14-21(28)17(2)13-20-15-35-19(4)29-20/h13,15-16,18,21-22,24,32H,8-12,14,28H2,1-7H3,(H,30,31)/t16-,18+,21-,22-,24-,27+/m0/s1. The number of epoxide rings is 1. The summed E-state index contributed by atoms with van der Waals surface area (Å²) in [7, 11) is 0. The maximum absolute atomic E-state index is 12.9. The quantitative estimate of drug-likeness (QED) is 0.285. The summed E-state index contributed by atoms with van der Waals surface area (Å²) in [5.41, 5.74) is 7.49. The highest BCUT2D eigenvalue weighted by atomic mass is 32.1. The predicted octanol–water partition coefficient (Wildman–Crippen LogP) is 4.99. The number of aromatic nitrogens is 1. The summed E-state index contributed by atoms with van der Waals surface area (Å²) in [4.78, 5) is 28.3. The van der Waals surface area contributed by atoms with E-state index in [2.05, 4.69) is 11.9 Å². The average Bonchev–Trinajstić information content (AvgIpc) is 3.22. The Morgan fingerprint density at radius 1 is 1.37 bits per heavy atom. The number of ether oxygens (including phenoxy) is 1. The number of aliphatic hydroxyl groups is 1. The van der Waals surface area contributed by atoms with Gasteiger partial charge in [-0.25, -0.2) is 4.98 Å². The zero-order chi connectivity index (χ0) is 26.6. The number of aliphatic hydroxyl groups excluding tert-OH is 1. The number of hydrogen-bond acceptors (Lipinski definition) is 7. The van der Waals surface area contributed by atoms with E-state index in [0.29, 0.717) is 0 Å². The molecule has 1 aliphatic heterocycles. The van der Waals surface area contributed by atoms with E-state index in [1.807, 2.05) is 32.2 Å². The minimum atomic E-state index is -0.914. The van der Waals surface area contributed by atoms with Gasteiger partial charge in [-0.3, -0.25) is 9.59 Å². The molecule has 0 saturated carbocycles. The topological polar surface area (TPSA) is 126 Å². The molecule has 8 heteroatoms. The van der Waals surface area contributed by atoms with Crippen molar-refractivity contribution in [2.75, 3.05) is 0 Å². The Morgan fingerprint density at radius 2 is 2.03 bits per heavy atom. The molecule has 1 saturated heterocycles. The van der Waals surface area contributed by atoms with E-state index in [1.165, 1.54) is 0 Å². The maximum Gasteiger partial charge on any atom is 0.303 e. The van der Waals surface area contributed by atoms with Crippen LogP contribution in [-0.4, -0.2) is 50.8 Å². The summed E-state index contributed by atoms with van der Waals surface area (Å²) < 4.78 is 6.01. The molecule has 1 aromatic rings. The number of carbonyl (C=O) groups excluding carboxylic acids is 1. The largest absolute Gasteiger partial charge is 0.481 e. The van der Waals surface area contributed by atoms with Gasteiger partial charge in [0.05, 0.1) is 28.5 Å². The third kappa shape index (κ3) is 8.48. The maximum atomic E-state index is 12.9. The van der Waals surface area contributed by atoms with Crippen molar-refractivity contribution < 1.29 is 24.5 Å². The fourth-order valence-corrected chi connectivity index (χ4v) is 5.33. The van der Waals surface area contributed by atoms with Crippen LogP contribution in [-0.2, 0) is 14.3 Å². The molecule has 0 unspecified atom stereocenters. The molecular formula is C27H44N2O5S. The second kappa shape index (κ2) is 12.1. The number of carboxylic acid groups (broad SMARTS) is 1. The second-order valence-electron chi connectivity index (χ2n) is 11.2. The van der Waals surface area contributed by atoms with Gasteiger partial charge in [-0.05, 0) is 58.4 Å². The first-order valence-corrected chi connectivity index (χ1v) is 13.5. The van der Waals surface area contributed by atoms with Crippen LogP contribution in [0.1, 0.15) is 90.8 Å². The highest BCUT2D eigenvalue weighted by molar-refractivity contribution is 7.09. The van der Waals surface area contributed by atoms with Gasteiger partial charge in [0.1, 0.15) is 5.78 Å². The number of nitrogens with zero attached hydrogens (tertiary/aromatic N) is 1. The highest BCUT2D eigenvalue weighted by Gasteiger charge is 2.51. The van der Waals surface area contributed by atoms with Crippen LogP contribution in [0.25, 0.3) is 6.08 Å². The Morgan fingerprint density at radius 3 is 2.60 bits per heavy atom. The molecule has 0 aromatic carbocycles. The third-order valence-electron chi connectivity index (χ3n) is 7.57. The van der Waals surface area contributed by atoms with E-state index in [1.54, 1.807) is 32.1 Å². The molecule has 2 heterocycles. The second-order valence-corrected chi connectivity index (χ2v) is 12.3. The van der Waals surface area contributed by atoms with E-state index in [9.17, 15) is 14.7 Å². The average molecular weight is 509 g/mol. The molecule has 2 rings (SSSR count). The van der Waals surface area contributed by atoms with Gasteiger partial charge in [-0.2, -0.15) is 0 Å². The van der Waals surface area contributed by atoms with Gasteiger partial charge in [0.15, 0.2) is 0 Å². The molecule has 7 nitrogen and oxygen atoms in total. The molecule has 35 heavy (non-hydrogen) atoms. The Hall–Kier alpha value is -1.61. The van der Waals surface area contributed by atoms with E-state index in [4.69, 9.17) is 15.6 Å². The van der Waals surface area contributed by atoms with Crippen LogP contribution < -0.4 is 5.73 Å². The van der Waals surface area contributed by atoms with Gasteiger partial charge >= 0.3 is 5.97 Å². The van der Waals surface area contributed by atoms with Gasteiger partial charge in [-0.1, -0.05) is 39.7 Å². The number of thiazole rings is 1. The van der Waals surface area contributed by atoms with E-state index < -0.39 is 23.4 Å². The zero-order valence-corrected chi connectivity index (χ0v) is 23.2. The van der Waals surface area contributed by atoms with Gasteiger partial charge in [0.2, 0.25) is 0 Å².